The highest BCUT2D eigenvalue weighted by atomic mass is 35.5. The molecule has 0 spiro atoms. The fraction of sp³-hybridized carbons (Fsp3) is 0.100. The van der Waals surface area contributed by atoms with Crippen LogP contribution in [-0.2, 0) is 9.53 Å². The van der Waals surface area contributed by atoms with Gasteiger partial charge < -0.3 is 20.1 Å². The number of rotatable bonds is 7. The Balaban J connectivity index is 1.60. The smallest absolute Gasteiger partial charge is 0.325 e. The number of hydrogen-bond acceptors (Lipinski definition) is 8. The fourth-order valence-corrected chi connectivity index (χ4v) is 2.83. The first-order chi connectivity index (χ1) is 15.3. The number of benzene rings is 2. The van der Waals surface area contributed by atoms with Crippen molar-refractivity contribution in [1.29, 1.82) is 5.26 Å². The number of nitro benzene ring substituents is 1. The molecule has 3 rings (SSSR count). The zero-order valence-electron chi connectivity index (χ0n) is 16.2. The Morgan fingerprint density at radius 2 is 2.06 bits per heavy atom. The zero-order valence-corrected chi connectivity index (χ0v) is 16.9. The van der Waals surface area contributed by atoms with Gasteiger partial charge in [0.15, 0.2) is 11.6 Å². The first kappa shape index (κ1) is 22.3. The molecule has 11 nitrogen and oxygen atoms in total. The highest BCUT2D eigenvalue weighted by Crippen LogP contribution is 2.25. The van der Waals surface area contributed by atoms with Crippen molar-refractivity contribution in [2.24, 2.45) is 0 Å². The van der Waals surface area contributed by atoms with Crippen molar-refractivity contribution in [3.63, 3.8) is 0 Å². The largest absolute Gasteiger partial charge is 0.507 e. The van der Waals surface area contributed by atoms with E-state index in [1.165, 1.54) is 12.1 Å². The van der Waals surface area contributed by atoms with E-state index in [9.17, 15) is 30.1 Å². The lowest BCUT2D eigenvalue weighted by Crippen LogP contribution is -2.31. The summed E-state index contributed by atoms with van der Waals surface area (Å²) < 4.78 is 4.87. The minimum atomic E-state index is -0.907. The molecule has 0 bridgehead atoms. The molecule has 2 aromatic carbocycles. The molecule has 1 amide bonds. The van der Waals surface area contributed by atoms with E-state index < -0.39 is 41.4 Å². The number of aromatic amines is 1. The maximum Gasteiger partial charge on any atom is 0.325 e. The number of fused-ring (bicyclic) bond motifs is 1. The number of allylic oxidation sites excluding steroid dienone is 1. The molecule has 0 saturated carbocycles. The van der Waals surface area contributed by atoms with Crippen LogP contribution in [0.1, 0.15) is 16.2 Å². The molecule has 12 heteroatoms. The Kier molecular flexibility index (Phi) is 6.67. The number of carbonyl (C=O) groups excluding carboxylic acids is 2. The van der Waals surface area contributed by atoms with Crippen LogP contribution in [0.25, 0.3) is 16.6 Å². The summed E-state index contributed by atoms with van der Waals surface area (Å²) >= 11 is 5.69. The fourth-order valence-electron chi connectivity index (χ4n) is 2.65. The number of nitrogens with zero attached hydrogens (tertiary/aromatic N) is 3. The molecular weight excluding hydrogens is 442 g/mol. The van der Waals surface area contributed by atoms with Crippen LogP contribution in [-0.4, -0.2) is 45.0 Å². The molecule has 3 N–H and O–H groups in total. The molecular formula is C20H14ClN5O6. The van der Waals surface area contributed by atoms with Gasteiger partial charge in [-0.1, -0.05) is 23.7 Å². The third kappa shape index (κ3) is 5.00. The zero-order chi connectivity index (χ0) is 23.3. The predicted molar refractivity (Wildman–Crippen MR) is 113 cm³/mol. The van der Waals surface area contributed by atoms with Crippen molar-refractivity contribution in [2.45, 2.75) is 0 Å². The maximum absolute atomic E-state index is 12.1. The predicted octanol–water partition coefficient (Wildman–Crippen LogP) is 2.89. The van der Waals surface area contributed by atoms with E-state index in [1.54, 1.807) is 30.3 Å². The number of aromatic nitrogens is 2. The van der Waals surface area contributed by atoms with Crippen molar-refractivity contribution >= 4 is 45.8 Å². The number of nitro groups is 1. The van der Waals surface area contributed by atoms with Crippen LogP contribution in [0.15, 0.2) is 48.2 Å². The number of ether oxygens (including phenoxy) is 1. The maximum atomic E-state index is 12.1. The average molecular weight is 456 g/mol. The van der Waals surface area contributed by atoms with Gasteiger partial charge in [0.25, 0.3) is 11.6 Å². The van der Waals surface area contributed by atoms with Crippen LogP contribution >= 0.6 is 11.6 Å². The topological polar surface area (TPSA) is 171 Å². The molecule has 0 fully saturated rings. The monoisotopic (exact) mass is 455 g/mol. The van der Waals surface area contributed by atoms with E-state index in [2.05, 4.69) is 15.3 Å². The Morgan fingerprint density at radius 1 is 1.31 bits per heavy atom. The van der Waals surface area contributed by atoms with E-state index in [1.807, 2.05) is 0 Å². The molecule has 1 heterocycles. The van der Waals surface area contributed by atoms with Crippen LogP contribution in [0.3, 0.4) is 0 Å². The number of hydrogen-bond donors (Lipinski definition) is 3. The molecule has 0 radical (unpaired) electrons. The number of esters is 1. The number of carbonyl (C=O) groups is 2. The van der Waals surface area contributed by atoms with Gasteiger partial charge in [-0.05, 0) is 24.3 Å². The van der Waals surface area contributed by atoms with Crippen molar-refractivity contribution in [3.05, 3.63) is 74.7 Å². The molecule has 32 heavy (non-hydrogen) atoms. The highest BCUT2D eigenvalue weighted by Gasteiger charge is 2.18. The Labute approximate surface area is 185 Å². The lowest BCUT2D eigenvalue weighted by molar-refractivity contribution is -0.384. The summed E-state index contributed by atoms with van der Waals surface area (Å²) in [6, 6.07) is 12.2. The van der Waals surface area contributed by atoms with Crippen molar-refractivity contribution in [1.82, 2.24) is 15.3 Å². The second-order valence-corrected chi connectivity index (χ2v) is 6.71. The van der Waals surface area contributed by atoms with Gasteiger partial charge in [-0.25, -0.2) is 4.98 Å². The molecule has 162 valence electrons. The Morgan fingerprint density at radius 3 is 2.75 bits per heavy atom. The van der Waals surface area contributed by atoms with Gasteiger partial charge in [-0.2, -0.15) is 5.26 Å². The average Bonchev–Trinajstić information content (AvgIpc) is 3.20. The molecule has 1 aromatic heterocycles. The van der Waals surface area contributed by atoms with E-state index in [-0.39, 0.29) is 22.0 Å². The third-order valence-electron chi connectivity index (χ3n) is 4.19. The normalized spacial score (nSPS) is 11.4. The standard InChI is InChI=1S/C20H14ClN5O6/c21-13-6-5-11(7-16(13)26(30)31)20(29)23-9-18(28)32-10-17(27)12(8-22)19-24-14-3-1-2-4-15(14)25-19/h1-7,27H,9-10H2,(H,23,29)(H,24,25)/b17-12-. The van der Waals surface area contributed by atoms with Gasteiger partial charge in [0.2, 0.25) is 0 Å². The summed E-state index contributed by atoms with van der Waals surface area (Å²) in [6.07, 6.45) is 0. The van der Waals surface area contributed by atoms with Crippen LogP contribution < -0.4 is 5.32 Å². The summed E-state index contributed by atoms with van der Waals surface area (Å²) in [5.41, 5.74) is 0.516. The van der Waals surface area contributed by atoms with Crippen molar-refractivity contribution < 1.29 is 24.4 Å². The lowest BCUT2D eigenvalue weighted by Gasteiger charge is -2.07. The van der Waals surface area contributed by atoms with Crippen molar-refractivity contribution in [3.8, 4) is 6.07 Å². The second-order valence-electron chi connectivity index (χ2n) is 6.30. The van der Waals surface area contributed by atoms with Crippen LogP contribution in [0.4, 0.5) is 5.69 Å². The first-order valence-electron chi connectivity index (χ1n) is 8.95. The quantitative estimate of drug-likeness (QED) is 0.160. The molecule has 0 aliphatic carbocycles. The van der Waals surface area contributed by atoms with Crippen LogP contribution in [0.5, 0.6) is 0 Å². The highest BCUT2D eigenvalue weighted by molar-refractivity contribution is 6.32. The minimum absolute atomic E-state index is 0.0757. The summed E-state index contributed by atoms with van der Waals surface area (Å²) in [4.78, 5) is 41.2. The molecule has 0 saturated heterocycles. The first-order valence-corrected chi connectivity index (χ1v) is 9.33. The number of nitrogens with one attached hydrogen (secondary N) is 2. The number of para-hydroxylation sites is 2. The number of aliphatic hydroxyl groups is 1. The van der Waals surface area contributed by atoms with E-state index in [4.69, 9.17) is 16.3 Å². The summed E-state index contributed by atoms with van der Waals surface area (Å²) in [7, 11) is 0. The van der Waals surface area contributed by atoms with Gasteiger partial charge >= 0.3 is 5.97 Å². The lowest BCUT2D eigenvalue weighted by atomic mass is 10.2. The molecule has 0 atom stereocenters. The Bertz CT molecular complexity index is 1260. The SMILES string of the molecule is N#C/C(=C(/O)COC(=O)CNC(=O)c1ccc(Cl)c([N+](=O)[O-])c1)c1nc2ccccc2[nH]1. The number of nitriles is 1. The molecule has 0 aliphatic heterocycles. The van der Waals surface area contributed by atoms with Gasteiger partial charge in [-0.3, -0.25) is 19.7 Å². The number of imidazole rings is 1. The van der Waals surface area contributed by atoms with Gasteiger partial charge in [0.05, 0.1) is 16.0 Å². The summed E-state index contributed by atoms with van der Waals surface area (Å²) in [5.74, 6) is -2.09. The summed E-state index contributed by atoms with van der Waals surface area (Å²) in [6.45, 7) is -1.20. The van der Waals surface area contributed by atoms with Crippen LogP contribution in [0.2, 0.25) is 5.02 Å². The Hall–Kier alpha value is -4.43. The van der Waals surface area contributed by atoms with Crippen molar-refractivity contribution in [2.75, 3.05) is 13.2 Å². The van der Waals surface area contributed by atoms with Gasteiger partial charge in [0.1, 0.15) is 29.8 Å². The van der Waals surface area contributed by atoms with E-state index in [0.717, 1.165) is 6.07 Å². The third-order valence-corrected chi connectivity index (χ3v) is 4.51. The minimum Gasteiger partial charge on any atom is -0.507 e. The second kappa shape index (κ2) is 9.59. The summed E-state index contributed by atoms with van der Waals surface area (Å²) in [5, 5.41) is 32.5. The number of H-pyrrole nitrogens is 1. The number of halogens is 1. The molecule has 0 aliphatic rings. The van der Waals surface area contributed by atoms with E-state index >= 15 is 0 Å². The molecule has 0 unspecified atom stereocenters. The molecule has 3 aromatic rings. The van der Waals surface area contributed by atoms with Crippen LogP contribution in [0, 0.1) is 21.4 Å². The van der Waals surface area contributed by atoms with E-state index in [0.29, 0.717) is 11.0 Å². The van der Waals surface area contributed by atoms with Gasteiger partial charge in [-0.15, -0.1) is 0 Å². The van der Waals surface area contributed by atoms with Gasteiger partial charge in [0, 0.05) is 11.6 Å². The number of aliphatic hydroxyl groups excluding tert-OH is 1. The number of amides is 1.